The fraction of sp³-hybridized carbons (Fsp3) is 0.588. The number of amides is 1. The maximum absolute atomic E-state index is 12.3. The molecule has 1 aliphatic rings. The summed E-state index contributed by atoms with van der Waals surface area (Å²) in [5.41, 5.74) is 3.09. The number of carbonyl (C=O) groups is 1. The first-order valence-electron chi connectivity index (χ1n) is 8.20. The van der Waals surface area contributed by atoms with Gasteiger partial charge in [0.2, 0.25) is 15.9 Å². The molecule has 6 nitrogen and oxygen atoms in total. The number of hydrogen-bond donors (Lipinski definition) is 1. The monoisotopic (exact) mass is 353 g/mol. The van der Waals surface area contributed by atoms with Gasteiger partial charge in [0.1, 0.15) is 0 Å². The van der Waals surface area contributed by atoms with Crippen LogP contribution in [0.5, 0.6) is 0 Å². The van der Waals surface area contributed by atoms with E-state index in [0.29, 0.717) is 6.54 Å². The molecular formula is C17H27N3O3S. The highest BCUT2D eigenvalue weighted by atomic mass is 32.2. The van der Waals surface area contributed by atoms with Crippen molar-refractivity contribution in [2.45, 2.75) is 32.7 Å². The number of piperidine rings is 1. The Morgan fingerprint density at radius 3 is 2.50 bits per heavy atom. The van der Waals surface area contributed by atoms with Crippen LogP contribution in [0, 0.1) is 13.8 Å². The molecule has 1 saturated heterocycles. The summed E-state index contributed by atoms with van der Waals surface area (Å²) >= 11 is 0. The van der Waals surface area contributed by atoms with Crippen LogP contribution in [-0.4, -0.2) is 62.5 Å². The van der Waals surface area contributed by atoms with Crippen molar-refractivity contribution < 1.29 is 13.2 Å². The molecule has 0 atom stereocenters. The van der Waals surface area contributed by atoms with E-state index in [2.05, 4.69) is 10.2 Å². The Balaban J connectivity index is 1.85. The van der Waals surface area contributed by atoms with Gasteiger partial charge < -0.3 is 5.32 Å². The number of nitrogens with zero attached hydrogens (tertiary/aromatic N) is 2. The van der Waals surface area contributed by atoms with Gasteiger partial charge in [-0.3, -0.25) is 9.69 Å². The highest BCUT2D eigenvalue weighted by molar-refractivity contribution is 7.88. The second kappa shape index (κ2) is 7.63. The van der Waals surface area contributed by atoms with Crippen LogP contribution in [0.2, 0.25) is 0 Å². The molecule has 24 heavy (non-hydrogen) atoms. The van der Waals surface area contributed by atoms with Crippen molar-refractivity contribution in [2.75, 3.05) is 38.3 Å². The quantitative estimate of drug-likeness (QED) is 0.873. The van der Waals surface area contributed by atoms with Gasteiger partial charge in [-0.05, 0) is 43.9 Å². The summed E-state index contributed by atoms with van der Waals surface area (Å²) < 4.78 is 24.6. The van der Waals surface area contributed by atoms with Crippen LogP contribution in [0.3, 0.4) is 0 Å². The lowest BCUT2D eigenvalue weighted by Crippen LogP contribution is -2.47. The molecule has 1 amide bonds. The first-order valence-corrected chi connectivity index (χ1v) is 10.0. The van der Waals surface area contributed by atoms with Crippen molar-refractivity contribution in [1.29, 1.82) is 0 Å². The van der Waals surface area contributed by atoms with Crippen LogP contribution < -0.4 is 5.32 Å². The van der Waals surface area contributed by atoms with E-state index in [-0.39, 0.29) is 11.9 Å². The number of rotatable bonds is 5. The van der Waals surface area contributed by atoms with Gasteiger partial charge in [-0.1, -0.05) is 12.1 Å². The Bertz CT molecular complexity index is 695. The number of hydrogen-bond acceptors (Lipinski definition) is 4. The van der Waals surface area contributed by atoms with Crippen LogP contribution in [0.4, 0.5) is 5.69 Å². The van der Waals surface area contributed by atoms with Crippen LogP contribution in [0.15, 0.2) is 18.2 Å². The molecule has 1 aliphatic heterocycles. The zero-order valence-electron chi connectivity index (χ0n) is 14.9. The minimum absolute atomic E-state index is 0.0262. The summed E-state index contributed by atoms with van der Waals surface area (Å²) in [6.07, 6.45) is 2.73. The van der Waals surface area contributed by atoms with Gasteiger partial charge in [0.25, 0.3) is 0 Å². The normalized spacial score (nSPS) is 17.2. The number of sulfonamides is 1. The number of nitrogens with one attached hydrogen (secondary N) is 1. The lowest BCUT2D eigenvalue weighted by atomic mass is 10.1. The Morgan fingerprint density at radius 1 is 1.29 bits per heavy atom. The largest absolute Gasteiger partial charge is 0.325 e. The molecule has 0 spiro atoms. The van der Waals surface area contributed by atoms with Crippen molar-refractivity contribution in [3.8, 4) is 0 Å². The molecule has 7 heteroatoms. The van der Waals surface area contributed by atoms with E-state index in [1.165, 1.54) is 10.6 Å². The molecule has 0 bridgehead atoms. The van der Waals surface area contributed by atoms with Crippen molar-refractivity contribution >= 4 is 21.6 Å². The Kier molecular flexibility index (Phi) is 6.01. The van der Waals surface area contributed by atoms with E-state index in [0.717, 1.165) is 42.7 Å². The molecule has 0 unspecified atom stereocenters. The molecule has 0 aromatic heterocycles. The Hall–Kier alpha value is -1.44. The average molecular weight is 353 g/mol. The summed E-state index contributed by atoms with van der Waals surface area (Å²) in [5, 5.41) is 2.97. The molecule has 1 heterocycles. The van der Waals surface area contributed by atoms with Gasteiger partial charge in [0.15, 0.2) is 0 Å². The first-order chi connectivity index (χ1) is 11.2. The van der Waals surface area contributed by atoms with Crippen LogP contribution in [0.25, 0.3) is 0 Å². The Labute approximate surface area is 144 Å². The van der Waals surface area contributed by atoms with Gasteiger partial charge >= 0.3 is 0 Å². The number of carbonyl (C=O) groups excluding carboxylic acids is 1. The Morgan fingerprint density at radius 2 is 1.92 bits per heavy atom. The second-order valence-corrected chi connectivity index (χ2v) is 8.62. The number of benzene rings is 1. The first kappa shape index (κ1) is 18.9. The molecule has 0 saturated carbocycles. The molecule has 0 aliphatic carbocycles. The summed E-state index contributed by atoms with van der Waals surface area (Å²) in [7, 11) is -1.53. The molecule has 1 aromatic carbocycles. The summed E-state index contributed by atoms with van der Waals surface area (Å²) in [6.45, 7) is 5.81. The number of aryl methyl sites for hydroxylation is 1. The highest BCUT2D eigenvalue weighted by Gasteiger charge is 2.27. The van der Waals surface area contributed by atoms with Crippen LogP contribution >= 0.6 is 0 Å². The molecule has 1 fully saturated rings. The van der Waals surface area contributed by atoms with E-state index in [1.54, 1.807) is 7.05 Å². The van der Waals surface area contributed by atoms with E-state index < -0.39 is 10.0 Å². The zero-order chi connectivity index (χ0) is 17.9. The maximum atomic E-state index is 12.3. The van der Waals surface area contributed by atoms with Crippen molar-refractivity contribution in [3.05, 3.63) is 29.3 Å². The lowest BCUT2D eigenvalue weighted by Gasteiger charge is -2.35. The molecule has 1 aromatic rings. The molecule has 1 N–H and O–H groups in total. The van der Waals surface area contributed by atoms with E-state index in [4.69, 9.17) is 0 Å². The summed E-state index contributed by atoms with van der Waals surface area (Å²) in [4.78, 5) is 14.3. The predicted octanol–water partition coefficient (Wildman–Crippen LogP) is 1.60. The third-order valence-corrected chi connectivity index (χ3v) is 6.18. The predicted molar refractivity (Wildman–Crippen MR) is 96.6 cm³/mol. The minimum atomic E-state index is -3.16. The SMILES string of the molecule is Cc1cccc(NC(=O)CN2CCC(N(C)S(C)(=O)=O)CC2)c1C. The topological polar surface area (TPSA) is 69.7 Å². The number of anilines is 1. The minimum Gasteiger partial charge on any atom is -0.325 e. The van der Waals surface area contributed by atoms with Gasteiger partial charge in [-0.2, -0.15) is 0 Å². The van der Waals surface area contributed by atoms with Crippen molar-refractivity contribution in [3.63, 3.8) is 0 Å². The smallest absolute Gasteiger partial charge is 0.238 e. The van der Waals surface area contributed by atoms with Crippen molar-refractivity contribution in [2.24, 2.45) is 0 Å². The molecule has 134 valence electrons. The van der Waals surface area contributed by atoms with Gasteiger partial charge in [0, 0.05) is 31.9 Å². The standard InChI is InChI=1S/C17H27N3O3S/c1-13-6-5-7-16(14(13)2)18-17(21)12-20-10-8-15(9-11-20)19(3)24(4,22)23/h5-7,15H,8-12H2,1-4H3,(H,18,21). The number of likely N-dealkylation sites (tertiary alicyclic amines) is 1. The lowest BCUT2D eigenvalue weighted by molar-refractivity contribution is -0.117. The highest BCUT2D eigenvalue weighted by Crippen LogP contribution is 2.19. The van der Waals surface area contributed by atoms with E-state index in [1.807, 2.05) is 32.0 Å². The average Bonchev–Trinajstić information content (AvgIpc) is 2.51. The van der Waals surface area contributed by atoms with Gasteiger partial charge in [-0.15, -0.1) is 0 Å². The van der Waals surface area contributed by atoms with E-state index >= 15 is 0 Å². The molecule has 0 radical (unpaired) electrons. The van der Waals surface area contributed by atoms with Gasteiger partial charge in [-0.25, -0.2) is 12.7 Å². The maximum Gasteiger partial charge on any atom is 0.238 e. The summed E-state index contributed by atoms with van der Waals surface area (Å²) in [5.74, 6) is -0.0291. The summed E-state index contributed by atoms with van der Waals surface area (Å²) in [6, 6.07) is 5.89. The van der Waals surface area contributed by atoms with Crippen LogP contribution in [0.1, 0.15) is 24.0 Å². The fourth-order valence-electron chi connectivity index (χ4n) is 2.99. The van der Waals surface area contributed by atoms with Crippen LogP contribution in [-0.2, 0) is 14.8 Å². The third-order valence-electron chi connectivity index (χ3n) is 4.84. The third kappa shape index (κ3) is 4.78. The zero-order valence-corrected chi connectivity index (χ0v) is 15.7. The van der Waals surface area contributed by atoms with E-state index in [9.17, 15) is 13.2 Å². The fourth-order valence-corrected chi connectivity index (χ4v) is 3.74. The molecule has 2 rings (SSSR count). The van der Waals surface area contributed by atoms with Gasteiger partial charge in [0.05, 0.1) is 12.8 Å². The van der Waals surface area contributed by atoms with Crippen molar-refractivity contribution in [1.82, 2.24) is 9.21 Å². The second-order valence-electron chi connectivity index (χ2n) is 6.58. The molecular weight excluding hydrogens is 326 g/mol.